The predicted molar refractivity (Wildman–Crippen MR) is 81.3 cm³/mol. The lowest BCUT2D eigenvalue weighted by Gasteiger charge is -2.31. The second-order valence-corrected chi connectivity index (χ2v) is 5.50. The zero-order valence-corrected chi connectivity index (χ0v) is 12.1. The zero-order chi connectivity index (χ0) is 14.8. The summed E-state index contributed by atoms with van der Waals surface area (Å²) in [5.41, 5.74) is 1.81. The molecule has 0 atom stereocenters. The van der Waals surface area contributed by atoms with Crippen LogP contribution in [0.1, 0.15) is 18.9 Å². The maximum absolute atomic E-state index is 12.2. The van der Waals surface area contributed by atoms with Crippen LogP contribution >= 0.6 is 0 Å². The van der Waals surface area contributed by atoms with Crippen molar-refractivity contribution >= 4 is 16.9 Å². The first kappa shape index (κ1) is 13.9. The van der Waals surface area contributed by atoms with E-state index in [2.05, 4.69) is 15.2 Å². The van der Waals surface area contributed by atoms with E-state index in [1.54, 1.807) is 7.05 Å². The third-order valence-corrected chi connectivity index (χ3v) is 4.19. The highest BCUT2D eigenvalue weighted by molar-refractivity contribution is 5.77. The molecule has 1 aromatic carbocycles. The van der Waals surface area contributed by atoms with Crippen molar-refractivity contribution in [3.8, 4) is 0 Å². The molecule has 2 heterocycles. The number of likely N-dealkylation sites (N-methyl/N-ethyl adjacent to an activating group) is 1. The number of H-pyrrole nitrogens is 1. The summed E-state index contributed by atoms with van der Waals surface area (Å²) in [4.78, 5) is 28.6. The Kier molecular flexibility index (Phi) is 3.79. The zero-order valence-electron chi connectivity index (χ0n) is 12.1. The van der Waals surface area contributed by atoms with E-state index in [1.807, 2.05) is 28.8 Å². The standard InChI is InChI=1S/C15H20N4O2/c1-16-14(20)10-18-8-6-11(7-9-18)19-13-5-3-2-4-12(13)17-15(19)21/h2-5,11H,6-10H2,1H3,(H,16,20)(H,17,21). The Morgan fingerprint density at radius 3 is 2.76 bits per heavy atom. The molecule has 1 aliphatic rings. The number of aromatic nitrogens is 2. The summed E-state index contributed by atoms with van der Waals surface area (Å²) in [6, 6.07) is 7.98. The van der Waals surface area contributed by atoms with Crippen LogP contribution in [0.5, 0.6) is 0 Å². The quantitative estimate of drug-likeness (QED) is 0.874. The van der Waals surface area contributed by atoms with Crippen molar-refractivity contribution in [1.82, 2.24) is 19.8 Å². The van der Waals surface area contributed by atoms with Crippen molar-refractivity contribution in [2.45, 2.75) is 18.9 Å². The molecule has 0 spiro atoms. The molecule has 112 valence electrons. The molecule has 2 N–H and O–H groups in total. The summed E-state index contributed by atoms with van der Waals surface area (Å²) >= 11 is 0. The minimum atomic E-state index is -0.0408. The number of imidazole rings is 1. The first-order valence-corrected chi connectivity index (χ1v) is 7.31. The second kappa shape index (κ2) is 5.73. The molecule has 3 rings (SSSR count). The van der Waals surface area contributed by atoms with Crippen LogP contribution in [0.3, 0.4) is 0 Å². The van der Waals surface area contributed by atoms with E-state index in [4.69, 9.17) is 0 Å². The molecule has 0 aliphatic carbocycles. The van der Waals surface area contributed by atoms with Gasteiger partial charge in [0.1, 0.15) is 0 Å². The molecule has 1 fully saturated rings. The molecule has 0 unspecified atom stereocenters. The maximum Gasteiger partial charge on any atom is 0.326 e. The summed E-state index contributed by atoms with van der Waals surface area (Å²) in [5, 5.41) is 2.64. The molecule has 1 amide bonds. The van der Waals surface area contributed by atoms with Gasteiger partial charge in [0.2, 0.25) is 5.91 Å². The van der Waals surface area contributed by atoms with E-state index in [0.29, 0.717) is 6.54 Å². The number of amides is 1. The molecule has 6 heteroatoms. The summed E-state index contributed by atoms with van der Waals surface area (Å²) in [7, 11) is 1.65. The van der Waals surface area contributed by atoms with Crippen molar-refractivity contribution in [1.29, 1.82) is 0 Å². The molecule has 0 saturated carbocycles. The number of likely N-dealkylation sites (tertiary alicyclic amines) is 1. The van der Waals surface area contributed by atoms with Gasteiger partial charge in [-0.25, -0.2) is 4.79 Å². The first-order valence-electron chi connectivity index (χ1n) is 7.31. The smallest absolute Gasteiger partial charge is 0.326 e. The van der Waals surface area contributed by atoms with E-state index in [-0.39, 0.29) is 17.6 Å². The van der Waals surface area contributed by atoms with Crippen LogP contribution in [0.4, 0.5) is 0 Å². The summed E-state index contributed by atoms with van der Waals surface area (Å²) < 4.78 is 1.87. The lowest BCUT2D eigenvalue weighted by atomic mass is 10.0. The number of para-hydroxylation sites is 2. The van der Waals surface area contributed by atoms with Crippen LogP contribution in [-0.4, -0.2) is 47.0 Å². The van der Waals surface area contributed by atoms with Gasteiger partial charge >= 0.3 is 5.69 Å². The van der Waals surface area contributed by atoms with E-state index in [9.17, 15) is 9.59 Å². The van der Waals surface area contributed by atoms with Crippen LogP contribution < -0.4 is 11.0 Å². The fourth-order valence-corrected chi connectivity index (χ4v) is 3.05. The second-order valence-electron chi connectivity index (χ2n) is 5.50. The Morgan fingerprint density at radius 1 is 1.33 bits per heavy atom. The number of rotatable bonds is 3. The predicted octanol–water partition coefficient (Wildman–Crippen LogP) is 0.712. The fourth-order valence-electron chi connectivity index (χ4n) is 3.05. The number of nitrogens with one attached hydrogen (secondary N) is 2. The van der Waals surface area contributed by atoms with Crippen molar-refractivity contribution in [3.63, 3.8) is 0 Å². The van der Waals surface area contributed by atoms with Gasteiger partial charge < -0.3 is 10.3 Å². The third kappa shape index (κ3) is 2.71. The summed E-state index contributed by atoms with van der Waals surface area (Å²) in [6.07, 6.45) is 1.78. The van der Waals surface area contributed by atoms with Crippen molar-refractivity contribution in [2.24, 2.45) is 0 Å². The number of fused-ring (bicyclic) bond motifs is 1. The monoisotopic (exact) mass is 288 g/mol. The fraction of sp³-hybridized carbons (Fsp3) is 0.467. The third-order valence-electron chi connectivity index (χ3n) is 4.19. The van der Waals surface area contributed by atoms with E-state index in [0.717, 1.165) is 37.0 Å². The Morgan fingerprint density at radius 2 is 2.05 bits per heavy atom. The van der Waals surface area contributed by atoms with Crippen LogP contribution in [0.15, 0.2) is 29.1 Å². The lowest BCUT2D eigenvalue weighted by molar-refractivity contribution is -0.122. The highest BCUT2D eigenvalue weighted by Gasteiger charge is 2.24. The Balaban J connectivity index is 1.76. The van der Waals surface area contributed by atoms with Gasteiger partial charge in [0, 0.05) is 26.2 Å². The number of hydrogen-bond donors (Lipinski definition) is 2. The molecule has 1 aliphatic heterocycles. The van der Waals surface area contributed by atoms with E-state index in [1.165, 1.54) is 0 Å². The van der Waals surface area contributed by atoms with Crippen LogP contribution in [0.2, 0.25) is 0 Å². The van der Waals surface area contributed by atoms with Gasteiger partial charge in [0.15, 0.2) is 0 Å². The van der Waals surface area contributed by atoms with Gasteiger partial charge in [-0.05, 0) is 25.0 Å². The normalized spacial score (nSPS) is 17.2. The Labute approximate surface area is 122 Å². The van der Waals surface area contributed by atoms with Gasteiger partial charge in [0.05, 0.1) is 17.6 Å². The van der Waals surface area contributed by atoms with Gasteiger partial charge in [-0.2, -0.15) is 0 Å². The highest BCUT2D eigenvalue weighted by atomic mass is 16.2. The largest absolute Gasteiger partial charge is 0.358 e. The first-order chi connectivity index (χ1) is 10.2. The number of nitrogens with zero attached hydrogens (tertiary/aromatic N) is 2. The number of aromatic amines is 1. The summed E-state index contributed by atoms with van der Waals surface area (Å²) in [5.74, 6) is 0.0395. The molecule has 6 nitrogen and oxygen atoms in total. The van der Waals surface area contributed by atoms with Crippen molar-refractivity contribution < 1.29 is 4.79 Å². The molecular formula is C15H20N4O2. The maximum atomic E-state index is 12.2. The van der Waals surface area contributed by atoms with Crippen LogP contribution in [-0.2, 0) is 4.79 Å². The number of benzene rings is 1. The molecular weight excluding hydrogens is 268 g/mol. The lowest BCUT2D eigenvalue weighted by Crippen LogP contribution is -2.42. The molecule has 1 saturated heterocycles. The average Bonchev–Trinajstić information content (AvgIpc) is 2.84. The minimum Gasteiger partial charge on any atom is -0.358 e. The molecule has 1 aromatic heterocycles. The van der Waals surface area contributed by atoms with Crippen LogP contribution in [0.25, 0.3) is 11.0 Å². The molecule has 0 bridgehead atoms. The topological polar surface area (TPSA) is 70.1 Å². The molecule has 21 heavy (non-hydrogen) atoms. The molecule has 2 aromatic rings. The number of carbonyl (C=O) groups excluding carboxylic acids is 1. The highest BCUT2D eigenvalue weighted by Crippen LogP contribution is 2.24. The average molecular weight is 288 g/mol. The SMILES string of the molecule is CNC(=O)CN1CCC(n2c(=O)[nH]c3ccccc32)CC1. The van der Waals surface area contributed by atoms with E-state index >= 15 is 0 Å². The summed E-state index contributed by atoms with van der Waals surface area (Å²) in [6.45, 7) is 2.11. The van der Waals surface area contributed by atoms with Crippen molar-refractivity contribution in [2.75, 3.05) is 26.7 Å². The van der Waals surface area contributed by atoms with Crippen LogP contribution in [0, 0.1) is 0 Å². The number of piperidine rings is 1. The van der Waals surface area contributed by atoms with Gasteiger partial charge in [-0.3, -0.25) is 14.3 Å². The van der Waals surface area contributed by atoms with Crippen molar-refractivity contribution in [3.05, 3.63) is 34.7 Å². The van der Waals surface area contributed by atoms with Gasteiger partial charge in [-0.1, -0.05) is 12.1 Å². The minimum absolute atomic E-state index is 0.0395. The Bertz CT molecular complexity index is 695. The number of hydrogen-bond acceptors (Lipinski definition) is 3. The molecule has 0 radical (unpaired) electrons. The Hall–Kier alpha value is -2.08. The van der Waals surface area contributed by atoms with Gasteiger partial charge in [-0.15, -0.1) is 0 Å². The van der Waals surface area contributed by atoms with E-state index < -0.39 is 0 Å². The number of carbonyl (C=O) groups is 1. The van der Waals surface area contributed by atoms with Gasteiger partial charge in [0.25, 0.3) is 0 Å².